The molecule has 1 aliphatic heterocycles. The number of hydrogen-bond acceptors (Lipinski definition) is 1. The molecule has 2 heteroatoms. The van der Waals surface area contributed by atoms with Crippen LogP contribution in [0.15, 0.2) is 0 Å². The zero-order valence-electron chi connectivity index (χ0n) is 5.86. The summed E-state index contributed by atoms with van der Waals surface area (Å²) in [4.78, 5) is 0. The molecule has 0 spiro atoms. The lowest BCUT2D eigenvalue weighted by atomic mass is 10.1. The largest absolute Gasteiger partial charge is 0.314 e. The fourth-order valence-electron chi connectivity index (χ4n) is 1.35. The first kappa shape index (κ1) is 7.00. The van der Waals surface area contributed by atoms with E-state index in [-0.39, 0.29) is 0 Å². The molecule has 1 fully saturated rings. The van der Waals surface area contributed by atoms with Gasteiger partial charge < -0.3 is 5.32 Å². The summed E-state index contributed by atoms with van der Waals surface area (Å²) in [5, 5.41) is 3.25. The van der Waals surface area contributed by atoms with Crippen LogP contribution in [0.5, 0.6) is 0 Å². The third kappa shape index (κ3) is 2.31. The van der Waals surface area contributed by atoms with Crippen LogP contribution in [0, 0.1) is 0 Å². The summed E-state index contributed by atoms with van der Waals surface area (Å²) < 4.78 is 12.3. The Morgan fingerprint density at radius 1 is 1.78 bits per heavy atom. The lowest BCUT2D eigenvalue weighted by Gasteiger charge is -2.09. The van der Waals surface area contributed by atoms with Crippen molar-refractivity contribution >= 4 is 0 Å². The molecule has 1 nitrogen and oxygen atoms in total. The van der Waals surface area contributed by atoms with Gasteiger partial charge >= 0.3 is 0 Å². The molecule has 1 aliphatic rings. The first-order valence-electron chi connectivity index (χ1n) is 3.66. The van der Waals surface area contributed by atoms with Crippen LogP contribution in [0.25, 0.3) is 0 Å². The van der Waals surface area contributed by atoms with Crippen LogP contribution in [-0.4, -0.2) is 18.8 Å². The summed E-state index contributed by atoms with van der Waals surface area (Å²) in [6, 6.07) is 0.463. The Morgan fingerprint density at radius 3 is 3.00 bits per heavy atom. The van der Waals surface area contributed by atoms with E-state index in [0.717, 1.165) is 13.0 Å². The van der Waals surface area contributed by atoms with Gasteiger partial charge in [0.25, 0.3) is 0 Å². The maximum atomic E-state index is 12.3. The summed E-state index contributed by atoms with van der Waals surface area (Å²) >= 11 is 0. The van der Waals surface area contributed by atoms with E-state index < -0.39 is 6.17 Å². The highest BCUT2D eigenvalue weighted by molar-refractivity contribution is 4.75. The molecular formula is C7H14FN. The Morgan fingerprint density at radius 2 is 2.56 bits per heavy atom. The van der Waals surface area contributed by atoms with E-state index in [2.05, 4.69) is 5.32 Å². The fourth-order valence-corrected chi connectivity index (χ4v) is 1.35. The van der Waals surface area contributed by atoms with E-state index in [1.165, 1.54) is 6.42 Å². The second kappa shape index (κ2) is 3.16. The van der Waals surface area contributed by atoms with Gasteiger partial charge in [0.2, 0.25) is 0 Å². The molecule has 1 N–H and O–H groups in total. The third-order valence-electron chi connectivity index (χ3n) is 1.77. The molecule has 2 atom stereocenters. The molecule has 2 unspecified atom stereocenters. The summed E-state index contributed by atoms with van der Waals surface area (Å²) in [6.07, 6.45) is 2.44. The van der Waals surface area contributed by atoms with Crippen molar-refractivity contribution < 1.29 is 4.39 Å². The summed E-state index contributed by atoms with van der Waals surface area (Å²) in [7, 11) is 0. The second-order valence-electron chi connectivity index (χ2n) is 2.81. The normalized spacial score (nSPS) is 30.7. The highest BCUT2D eigenvalue weighted by Crippen LogP contribution is 2.11. The molecule has 9 heavy (non-hydrogen) atoms. The van der Waals surface area contributed by atoms with Crippen LogP contribution in [-0.2, 0) is 0 Å². The molecular weight excluding hydrogens is 117 g/mol. The number of rotatable bonds is 2. The predicted molar refractivity (Wildman–Crippen MR) is 36.2 cm³/mol. The van der Waals surface area contributed by atoms with Gasteiger partial charge in [0, 0.05) is 6.04 Å². The van der Waals surface area contributed by atoms with Gasteiger partial charge in [-0.15, -0.1) is 0 Å². The summed E-state index contributed by atoms with van der Waals surface area (Å²) in [5.41, 5.74) is 0. The van der Waals surface area contributed by atoms with E-state index in [9.17, 15) is 4.39 Å². The second-order valence-corrected chi connectivity index (χ2v) is 2.81. The van der Waals surface area contributed by atoms with Gasteiger partial charge in [-0.2, -0.15) is 0 Å². The lowest BCUT2D eigenvalue weighted by molar-refractivity contribution is 0.310. The van der Waals surface area contributed by atoms with Gasteiger partial charge in [-0.25, -0.2) is 4.39 Å². The Labute approximate surface area is 55.6 Å². The van der Waals surface area contributed by atoms with Crippen LogP contribution in [0.4, 0.5) is 4.39 Å². The number of nitrogens with one attached hydrogen (secondary N) is 1. The quantitative estimate of drug-likeness (QED) is 0.598. The zero-order valence-corrected chi connectivity index (χ0v) is 5.86. The van der Waals surface area contributed by atoms with Crippen LogP contribution in [0.1, 0.15) is 26.2 Å². The first-order valence-corrected chi connectivity index (χ1v) is 3.66. The molecule has 0 aromatic rings. The van der Waals surface area contributed by atoms with Crippen molar-refractivity contribution in [2.75, 3.05) is 6.54 Å². The van der Waals surface area contributed by atoms with Gasteiger partial charge in [0.15, 0.2) is 0 Å². The molecule has 54 valence electrons. The van der Waals surface area contributed by atoms with E-state index >= 15 is 0 Å². The summed E-state index contributed by atoms with van der Waals surface area (Å²) in [6.45, 7) is 2.71. The van der Waals surface area contributed by atoms with Crippen molar-refractivity contribution in [3.8, 4) is 0 Å². The average Bonchev–Trinajstić information content (AvgIpc) is 2.15. The zero-order chi connectivity index (χ0) is 6.69. The van der Waals surface area contributed by atoms with Crippen LogP contribution < -0.4 is 5.32 Å². The van der Waals surface area contributed by atoms with Gasteiger partial charge in [0.1, 0.15) is 0 Å². The van der Waals surface area contributed by atoms with E-state index in [0.29, 0.717) is 12.5 Å². The van der Waals surface area contributed by atoms with Crippen molar-refractivity contribution in [1.29, 1.82) is 0 Å². The molecule has 0 saturated carbocycles. The first-order chi connectivity index (χ1) is 4.29. The number of hydrogen-bond donors (Lipinski definition) is 1. The van der Waals surface area contributed by atoms with Crippen molar-refractivity contribution in [1.82, 2.24) is 5.32 Å². The van der Waals surface area contributed by atoms with Gasteiger partial charge in [-0.3, -0.25) is 0 Å². The maximum absolute atomic E-state index is 12.3. The highest BCUT2D eigenvalue weighted by Gasteiger charge is 2.15. The van der Waals surface area contributed by atoms with Gasteiger partial charge in [-0.1, -0.05) is 0 Å². The smallest absolute Gasteiger partial charge is 0.0988 e. The topological polar surface area (TPSA) is 12.0 Å². The highest BCUT2D eigenvalue weighted by atomic mass is 19.1. The monoisotopic (exact) mass is 131 g/mol. The molecule has 0 bridgehead atoms. The van der Waals surface area contributed by atoms with Crippen LogP contribution in [0.2, 0.25) is 0 Å². The average molecular weight is 131 g/mol. The van der Waals surface area contributed by atoms with Crippen molar-refractivity contribution in [2.45, 2.75) is 38.4 Å². The van der Waals surface area contributed by atoms with Gasteiger partial charge in [0.05, 0.1) is 6.17 Å². The predicted octanol–water partition coefficient (Wildman–Crippen LogP) is 1.49. The van der Waals surface area contributed by atoms with Crippen molar-refractivity contribution in [3.05, 3.63) is 0 Å². The molecule has 0 aliphatic carbocycles. The Hall–Kier alpha value is -0.110. The van der Waals surface area contributed by atoms with Crippen LogP contribution in [0.3, 0.4) is 0 Å². The molecule has 1 heterocycles. The molecule has 0 aromatic carbocycles. The molecule has 1 saturated heterocycles. The van der Waals surface area contributed by atoms with E-state index in [1.807, 2.05) is 0 Å². The molecule has 0 aromatic heterocycles. The number of halogens is 1. The SMILES string of the molecule is CC(F)CC1CCCN1. The third-order valence-corrected chi connectivity index (χ3v) is 1.77. The Bertz CT molecular complexity index is 77.0. The molecule has 1 rings (SSSR count). The minimum Gasteiger partial charge on any atom is -0.314 e. The van der Waals surface area contributed by atoms with Crippen molar-refractivity contribution in [2.24, 2.45) is 0 Å². The lowest BCUT2D eigenvalue weighted by Crippen LogP contribution is -2.23. The molecule has 0 amide bonds. The minimum absolute atomic E-state index is 0.463. The van der Waals surface area contributed by atoms with E-state index in [1.54, 1.807) is 6.92 Å². The molecule has 0 radical (unpaired) electrons. The van der Waals surface area contributed by atoms with Gasteiger partial charge in [-0.05, 0) is 32.7 Å². The Balaban J connectivity index is 2.11. The van der Waals surface area contributed by atoms with Crippen LogP contribution >= 0.6 is 0 Å². The van der Waals surface area contributed by atoms with E-state index in [4.69, 9.17) is 0 Å². The summed E-state index contributed by atoms with van der Waals surface area (Å²) in [5.74, 6) is 0. The fraction of sp³-hybridized carbons (Fsp3) is 1.00. The standard InChI is InChI=1S/C7H14FN/c1-6(8)5-7-3-2-4-9-7/h6-7,9H,2-5H2,1H3. The van der Waals surface area contributed by atoms with Crippen molar-refractivity contribution in [3.63, 3.8) is 0 Å². The Kier molecular flexibility index (Phi) is 2.46. The maximum Gasteiger partial charge on any atom is 0.0988 e. The minimum atomic E-state index is -0.638. The number of alkyl halides is 1.